The number of hydrogen-bond donors (Lipinski definition) is 1. The molecule has 1 heterocycles. The third kappa shape index (κ3) is 5.72. The van der Waals surface area contributed by atoms with Crippen LogP contribution in [-0.4, -0.2) is 46.2 Å². The molecule has 160 valence electrons. The molecule has 1 amide bonds. The Labute approximate surface area is 183 Å². The molecule has 1 saturated heterocycles. The Kier molecular flexibility index (Phi) is 6.97. The van der Waals surface area contributed by atoms with Gasteiger partial charge in [-0.2, -0.15) is 0 Å². The Bertz CT molecular complexity index is 909. The number of rotatable bonds is 7. The average Bonchev–Trinajstić information content (AvgIpc) is 3.21. The van der Waals surface area contributed by atoms with Crippen molar-refractivity contribution in [1.29, 1.82) is 0 Å². The van der Waals surface area contributed by atoms with Crippen LogP contribution in [0.4, 0.5) is 4.79 Å². The summed E-state index contributed by atoms with van der Waals surface area (Å²) in [5.74, 6) is 0. The predicted octanol–water partition coefficient (Wildman–Crippen LogP) is 4.07. The summed E-state index contributed by atoms with van der Waals surface area (Å²) in [7, 11) is 0. The largest absolute Gasteiger partial charge is 0.445 e. The molecule has 0 unspecified atom stereocenters. The van der Waals surface area contributed by atoms with Crippen LogP contribution in [-0.2, 0) is 24.4 Å². The maximum Gasteiger partial charge on any atom is 0.410 e. The lowest BCUT2D eigenvalue weighted by atomic mass is 10.1. The van der Waals surface area contributed by atoms with Crippen LogP contribution in [0, 0.1) is 0 Å². The second kappa shape index (κ2) is 10.2. The van der Waals surface area contributed by atoms with Gasteiger partial charge in [0, 0.05) is 19.6 Å². The Morgan fingerprint density at radius 1 is 0.806 bits per heavy atom. The Morgan fingerprint density at radius 3 is 1.81 bits per heavy atom. The number of amides is 1. The standard InChI is InChI=1S/C26H28N2O3/c29-25-19-28(26(30)31-20-23-14-8-3-9-15-23)18-24(25)27(16-21-10-4-1-5-11-21)17-22-12-6-2-7-13-22/h1-15,24-25,29H,16-20H2/t24-,25-/m0/s1. The highest BCUT2D eigenvalue weighted by molar-refractivity contribution is 5.68. The highest BCUT2D eigenvalue weighted by Crippen LogP contribution is 2.22. The maximum atomic E-state index is 12.6. The maximum absolute atomic E-state index is 12.6. The summed E-state index contributed by atoms with van der Waals surface area (Å²) < 4.78 is 5.48. The molecular formula is C26H28N2O3. The Morgan fingerprint density at radius 2 is 1.29 bits per heavy atom. The van der Waals surface area contributed by atoms with Crippen molar-refractivity contribution in [2.75, 3.05) is 13.1 Å². The molecule has 0 saturated carbocycles. The minimum Gasteiger partial charge on any atom is -0.445 e. The van der Waals surface area contributed by atoms with Crippen molar-refractivity contribution in [2.45, 2.75) is 31.8 Å². The zero-order valence-corrected chi connectivity index (χ0v) is 17.5. The van der Waals surface area contributed by atoms with Crippen molar-refractivity contribution in [3.05, 3.63) is 108 Å². The molecule has 0 bridgehead atoms. The molecule has 1 aliphatic rings. The van der Waals surface area contributed by atoms with Crippen molar-refractivity contribution in [1.82, 2.24) is 9.80 Å². The van der Waals surface area contributed by atoms with Gasteiger partial charge >= 0.3 is 6.09 Å². The molecule has 4 rings (SSSR count). The molecule has 0 aliphatic carbocycles. The van der Waals surface area contributed by atoms with Gasteiger partial charge in [-0.25, -0.2) is 4.79 Å². The number of β-amino-alcohol motifs (C(OH)–C–C–N with tert-alkyl or cyclic N) is 1. The van der Waals surface area contributed by atoms with E-state index in [0.717, 1.165) is 5.56 Å². The number of carbonyl (C=O) groups excluding carboxylic acids is 1. The summed E-state index contributed by atoms with van der Waals surface area (Å²) in [4.78, 5) is 16.5. The summed E-state index contributed by atoms with van der Waals surface area (Å²) in [5.41, 5.74) is 3.30. The number of benzene rings is 3. The SMILES string of the molecule is O=C(OCc1ccccc1)N1C[C@H](O)[C@@H](N(Cc2ccccc2)Cc2ccccc2)C1. The fourth-order valence-corrected chi connectivity index (χ4v) is 4.01. The molecule has 5 nitrogen and oxygen atoms in total. The van der Waals surface area contributed by atoms with Crippen LogP contribution >= 0.6 is 0 Å². The molecular weight excluding hydrogens is 388 g/mol. The fourth-order valence-electron chi connectivity index (χ4n) is 4.01. The summed E-state index contributed by atoms with van der Waals surface area (Å²) in [5, 5.41) is 10.8. The number of aliphatic hydroxyl groups is 1. The van der Waals surface area contributed by atoms with Crippen LogP contribution in [0.1, 0.15) is 16.7 Å². The van der Waals surface area contributed by atoms with Gasteiger partial charge < -0.3 is 14.7 Å². The van der Waals surface area contributed by atoms with E-state index < -0.39 is 6.10 Å². The van der Waals surface area contributed by atoms with Crippen LogP contribution in [0.25, 0.3) is 0 Å². The van der Waals surface area contributed by atoms with E-state index in [1.165, 1.54) is 11.1 Å². The van der Waals surface area contributed by atoms with Crippen LogP contribution in [0.3, 0.4) is 0 Å². The van der Waals surface area contributed by atoms with Gasteiger partial charge in [0.25, 0.3) is 0 Å². The average molecular weight is 417 g/mol. The first-order chi connectivity index (χ1) is 15.2. The smallest absolute Gasteiger partial charge is 0.410 e. The molecule has 0 spiro atoms. The van der Waals surface area contributed by atoms with E-state index in [-0.39, 0.29) is 25.3 Å². The van der Waals surface area contributed by atoms with Crippen molar-refractivity contribution in [3.63, 3.8) is 0 Å². The number of ether oxygens (including phenoxy) is 1. The summed E-state index contributed by atoms with van der Waals surface area (Å²) in [6.07, 6.45) is -1.01. The number of likely N-dealkylation sites (tertiary alicyclic amines) is 1. The van der Waals surface area contributed by atoms with E-state index in [9.17, 15) is 9.90 Å². The van der Waals surface area contributed by atoms with E-state index in [4.69, 9.17) is 4.74 Å². The van der Waals surface area contributed by atoms with Crippen LogP contribution < -0.4 is 0 Å². The van der Waals surface area contributed by atoms with Crippen molar-refractivity contribution in [2.24, 2.45) is 0 Å². The lowest BCUT2D eigenvalue weighted by Gasteiger charge is -2.30. The zero-order chi connectivity index (χ0) is 21.5. The zero-order valence-electron chi connectivity index (χ0n) is 17.5. The van der Waals surface area contributed by atoms with Crippen molar-refractivity contribution >= 4 is 6.09 Å². The van der Waals surface area contributed by atoms with Gasteiger partial charge in [0.2, 0.25) is 0 Å². The normalized spacial score (nSPS) is 18.3. The Hall–Kier alpha value is -3.15. The quantitative estimate of drug-likeness (QED) is 0.631. The number of carbonyl (C=O) groups is 1. The molecule has 3 aromatic carbocycles. The van der Waals surface area contributed by atoms with Crippen molar-refractivity contribution < 1.29 is 14.6 Å². The highest BCUT2D eigenvalue weighted by atomic mass is 16.6. The monoisotopic (exact) mass is 416 g/mol. The van der Waals surface area contributed by atoms with Gasteiger partial charge in [-0.1, -0.05) is 91.0 Å². The van der Waals surface area contributed by atoms with E-state index in [2.05, 4.69) is 29.2 Å². The molecule has 5 heteroatoms. The molecule has 2 atom stereocenters. The molecule has 1 aliphatic heterocycles. The predicted molar refractivity (Wildman–Crippen MR) is 120 cm³/mol. The third-order valence-electron chi connectivity index (χ3n) is 5.65. The van der Waals surface area contributed by atoms with Crippen LogP contribution in [0.2, 0.25) is 0 Å². The lowest BCUT2D eigenvalue weighted by Crippen LogP contribution is -2.42. The fraction of sp³-hybridized carbons (Fsp3) is 0.269. The minimum absolute atomic E-state index is 0.162. The van der Waals surface area contributed by atoms with Crippen LogP contribution in [0.5, 0.6) is 0 Å². The lowest BCUT2D eigenvalue weighted by molar-refractivity contribution is 0.0728. The molecule has 3 aromatic rings. The first-order valence-electron chi connectivity index (χ1n) is 10.6. The van der Waals surface area contributed by atoms with Gasteiger partial charge in [0.05, 0.1) is 18.7 Å². The molecule has 0 aromatic heterocycles. The Balaban J connectivity index is 1.43. The summed E-state index contributed by atoms with van der Waals surface area (Å²) in [6, 6.07) is 29.9. The second-order valence-electron chi connectivity index (χ2n) is 7.96. The van der Waals surface area contributed by atoms with E-state index in [1.54, 1.807) is 4.90 Å². The highest BCUT2D eigenvalue weighted by Gasteiger charge is 2.38. The molecule has 1 N–H and O–H groups in total. The third-order valence-corrected chi connectivity index (χ3v) is 5.65. The minimum atomic E-state index is -0.628. The number of aliphatic hydroxyl groups excluding tert-OH is 1. The van der Waals surface area contributed by atoms with Gasteiger partial charge in [0.15, 0.2) is 0 Å². The van der Waals surface area contributed by atoms with Crippen molar-refractivity contribution in [3.8, 4) is 0 Å². The first-order valence-corrected chi connectivity index (χ1v) is 10.6. The first kappa shape index (κ1) is 21.1. The topological polar surface area (TPSA) is 53.0 Å². The number of nitrogens with zero attached hydrogens (tertiary/aromatic N) is 2. The van der Waals surface area contributed by atoms with E-state index >= 15 is 0 Å². The van der Waals surface area contributed by atoms with Gasteiger partial charge in [-0.15, -0.1) is 0 Å². The van der Waals surface area contributed by atoms with Gasteiger partial charge in [0.1, 0.15) is 6.61 Å². The summed E-state index contributed by atoms with van der Waals surface area (Å²) >= 11 is 0. The van der Waals surface area contributed by atoms with Crippen LogP contribution in [0.15, 0.2) is 91.0 Å². The van der Waals surface area contributed by atoms with E-state index in [1.807, 2.05) is 66.7 Å². The number of hydrogen-bond acceptors (Lipinski definition) is 4. The van der Waals surface area contributed by atoms with Gasteiger partial charge in [-0.05, 0) is 16.7 Å². The second-order valence-corrected chi connectivity index (χ2v) is 7.96. The molecule has 1 fully saturated rings. The molecule has 31 heavy (non-hydrogen) atoms. The summed E-state index contributed by atoms with van der Waals surface area (Å²) in [6.45, 7) is 2.34. The van der Waals surface area contributed by atoms with Gasteiger partial charge in [-0.3, -0.25) is 4.90 Å². The van der Waals surface area contributed by atoms with E-state index in [0.29, 0.717) is 19.6 Å². The molecule has 0 radical (unpaired) electrons.